The number of carboxylic acids is 1. The summed E-state index contributed by atoms with van der Waals surface area (Å²) in [6, 6.07) is 6.10. The second-order valence-electron chi connectivity index (χ2n) is 6.94. The summed E-state index contributed by atoms with van der Waals surface area (Å²) in [5.41, 5.74) is -0.00239. The molecule has 0 bridgehead atoms. The Kier molecular flexibility index (Phi) is 5.01. The number of amides is 1. The molecule has 1 aliphatic rings. The zero-order valence-corrected chi connectivity index (χ0v) is 14.5. The second kappa shape index (κ2) is 7.23. The molecule has 2 atom stereocenters. The number of carbonyl (C=O) groups is 2. The van der Waals surface area contributed by atoms with Gasteiger partial charge in [-0.05, 0) is 37.5 Å². The van der Waals surface area contributed by atoms with Crippen LogP contribution in [0.2, 0.25) is 0 Å². The first-order valence-electron chi connectivity index (χ1n) is 8.57. The average Bonchev–Trinajstić information content (AvgIpc) is 3.03. The summed E-state index contributed by atoms with van der Waals surface area (Å²) in [7, 11) is 0. The summed E-state index contributed by atoms with van der Waals surface area (Å²) in [6.45, 7) is 2.05. The van der Waals surface area contributed by atoms with Gasteiger partial charge in [0.2, 0.25) is 0 Å². The first kappa shape index (κ1) is 18.0. The average molecular weight is 360 g/mol. The number of benzene rings is 1. The van der Waals surface area contributed by atoms with E-state index in [1.807, 2.05) is 0 Å². The maximum atomic E-state index is 13.3. The van der Waals surface area contributed by atoms with E-state index in [1.54, 1.807) is 19.1 Å². The third-order valence-electron chi connectivity index (χ3n) is 4.91. The van der Waals surface area contributed by atoms with Crippen molar-refractivity contribution < 1.29 is 19.1 Å². The molecule has 1 amide bonds. The number of hydrogen-bond acceptors (Lipinski definition) is 4. The van der Waals surface area contributed by atoms with E-state index in [0.717, 1.165) is 12.8 Å². The van der Waals surface area contributed by atoms with Crippen LogP contribution < -0.4 is 5.32 Å². The highest BCUT2D eigenvalue weighted by Gasteiger charge is 2.42. The number of nitrogens with zero attached hydrogens (tertiary/aromatic N) is 3. The van der Waals surface area contributed by atoms with Crippen LogP contribution in [-0.2, 0) is 11.3 Å². The SMILES string of the molecule is CC1(NC(=O)c2cn(Cc3cccc(F)c3)nn2)CCCCC1C(=O)O. The fraction of sp³-hybridized carbons (Fsp3) is 0.444. The van der Waals surface area contributed by atoms with Crippen LogP contribution in [0.25, 0.3) is 0 Å². The highest BCUT2D eigenvalue weighted by molar-refractivity contribution is 5.92. The summed E-state index contributed by atoms with van der Waals surface area (Å²) in [5, 5.41) is 20.0. The van der Waals surface area contributed by atoms with Gasteiger partial charge in [0.1, 0.15) is 5.82 Å². The minimum absolute atomic E-state index is 0.109. The van der Waals surface area contributed by atoms with Crippen molar-refractivity contribution in [1.29, 1.82) is 0 Å². The Hall–Kier alpha value is -2.77. The van der Waals surface area contributed by atoms with Crippen molar-refractivity contribution in [2.45, 2.75) is 44.7 Å². The molecule has 7 nitrogen and oxygen atoms in total. The number of carboxylic acid groups (broad SMARTS) is 1. The Labute approximate surface area is 150 Å². The Bertz CT molecular complexity index is 822. The molecule has 0 aliphatic heterocycles. The molecule has 0 saturated heterocycles. The van der Waals surface area contributed by atoms with Crippen molar-refractivity contribution >= 4 is 11.9 Å². The zero-order valence-electron chi connectivity index (χ0n) is 14.5. The van der Waals surface area contributed by atoms with E-state index < -0.39 is 23.3 Å². The van der Waals surface area contributed by atoms with Crippen molar-refractivity contribution in [2.24, 2.45) is 5.92 Å². The smallest absolute Gasteiger partial charge is 0.308 e. The number of nitrogens with one attached hydrogen (secondary N) is 1. The van der Waals surface area contributed by atoms with E-state index in [2.05, 4.69) is 15.6 Å². The number of carbonyl (C=O) groups excluding carboxylic acids is 1. The maximum Gasteiger partial charge on any atom is 0.308 e. The van der Waals surface area contributed by atoms with Crippen LogP contribution in [0.1, 0.15) is 48.7 Å². The van der Waals surface area contributed by atoms with E-state index >= 15 is 0 Å². The minimum atomic E-state index is -0.901. The first-order chi connectivity index (χ1) is 12.4. The molecule has 1 heterocycles. The normalized spacial score (nSPS) is 22.8. The van der Waals surface area contributed by atoms with Gasteiger partial charge in [0.25, 0.3) is 5.91 Å². The predicted molar refractivity (Wildman–Crippen MR) is 91.0 cm³/mol. The van der Waals surface area contributed by atoms with Crippen LogP contribution in [0.4, 0.5) is 4.39 Å². The highest BCUT2D eigenvalue weighted by atomic mass is 19.1. The molecular weight excluding hydrogens is 339 g/mol. The lowest BCUT2D eigenvalue weighted by molar-refractivity contribution is -0.145. The predicted octanol–water partition coefficient (Wildman–Crippen LogP) is 2.23. The lowest BCUT2D eigenvalue weighted by atomic mass is 9.74. The van der Waals surface area contributed by atoms with Crippen molar-refractivity contribution in [3.63, 3.8) is 0 Å². The van der Waals surface area contributed by atoms with Crippen molar-refractivity contribution in [3.8, 4) is 0 Å². The molecule has 3 rings (SSSR count). The van der Waals surface area contributed by atoms with Gasteiger partial charge in [0.05, 0.1) is 24.2 Å². The lowest BCUT2D eigenvalue weighted by Gasteiger charge is -2.39. The maximum absolute atomic E-state index is 13.3. The van der Waals surface area contributed by atoms with Crippen LogP contribution in [0, 0.1) is 11.7 Å². The summed E-state index contributed by atoms with van der Waals surface area (Å²) < 4.78 is 14.7. The van der Waals surface area contributed by atoms with Crippen LogP contribution in [0.15, 0.2) is 30.5 Å². The Morgan fingerprint density at radius 3 is 2.96 bits per heavy atom. The fourth-order valence-corrected chi connectivity index (χ4v) is 3.50. The molecule has 1 aromatic carbocycles. The molecule has 26 heavy (non-hydrogen) atoms. The number of rotatable bonds is 5. The first-order valence-corrected chi connectivity index (χ1v) is 8.57. The van der Waals surface area contributed by atoms with Gasteiger partial charge in [-0.1, -0.05) is 30.2 Å². The van der Waals surface area contributed by atoms with Gasteiger partial charge >= 0.3 is 5.97 Å². The van der Waals surface area contributed by atoms with E-state index in [0.29, 0.717) is 18.4 Å². The van der Waals surface area contributed by atoms with Gasteiger partial charge in [-0.15, -0.1) is 5.10 Å². The quantitative estimate of drug-likeness (QED) is 0.852. The molecular formula is C18H21FN4O3. The monoisotopic (exact) mass is 360 g/mol. The van der Waals surface area contributed by atoms with Gasteiger partial charge in [0.15, 0.2) is 5.69 Å². The van der Waals surface area contributed by atoms with Crippen LogP contribution in [0.3, 0.4) is 0 Å². The Morgan fingerprint density at radius 1 is 1.42 bits per heavy atom. The molecule has 2 aromatic rings. The zero-order chi connectivity index (χ0) is 18.7. The largest absolute Gasteiger partial charge is 0.481 e. The van der Waals surface area contributed by atoms with E-state index in [4.69, 9.17) is 0 Å². The third kappa shape index (κ3) is 3.89. The van der Waals surface area contributed by atoms with Gasteiger partial charge in [0, 0.05) is 0 Å². The number of aromatic nitrogens is 3. The molecule has 0 radical (unpaired) electrons. The summed E-state index contributed by atoms with van der Waals surface area (Å²) in [4.78, 5) is 24.0. The van der Waals surface area contributed by atoms with E-state index in [1.165, 1.54) is 23.0 Å². The third-order valence-corrected chi connectivity index (χ3v) is 4.91. The molecule has 1 aromatic heterocycles. The Morgan fingerprint density at radius 2 is 2.23 bits per heavy atom. The minimum Gasteiger partial charge on any atom is -0.481 e. The van der Waals surface area contributed by atoms with Crippen molar-refractivity contribution in [3.05, 3.63) is 47.5 Å². The van der Waals surface area contributed by atoms with Crippen LogP contribution >= 0.6 is 0 Å². The molecule has 8 heteroatoms. The number of hydrogen-bond donors (Lipinski definition) is 2. The lowest BCUT2D eigenvalue weighted by Crippen LogP contribution is -2.55. The number of halogens is 1. The summed E-state index contributed by atoms with van der Waals surface area (Å²) >= 11 is 0. The molecule has 1 saturated carbocycles. The van der Waals surface area contributed by atoms with Gasteiger partial charge in [-0.25, -0.2) is 9.07 Å². The molecule has 1 fully saturated rings. The summed E-state index contributed by atoms with van der Waals surface area (Å²) in [6.07, 6.45) is 4.33. The number of aliphatic carboxylic acids is 1. The van der Waals surface area contributed by atoms with Crippen molar-refractivity contribution in [2.75, 3.05) is 0 Å². The molecule has 1 aliphatic carbocycles. The second-order valence-corrected chi connectivity index (χ2v) is 6.94. The van der Waals surface area contributed by atoms with Crippen molar-refractivity contribution in [1.82, 2.24) is 20.3 Å². The highest BCUT2D eigenvalue weighted by Crippen LogP contribution is 2.34. The molecule has 0 spiro atoms. The molecule has 138 valence electrons. The van der Waals surface area contributed by atoms with E-state index in [9.17, 15) is 19.1 Å². The summed E-state index contributed by atoms with van der Waals surface area (Å²) in [5.74, 6) is -2.32. The molecule has 2 unspecified atom stereocenters. The van der Waals surface area contributed by atoms with E-state index in [-0.39, 0.29) is 18.1 Å². The molecule has 2 N–H and O–H groups in total. The van der Waals surface area contributed by atoms with Gasteiger partial charge < -0.3 is 10.4 Å². The fourth-order valence-electron chi connectivity index (χ4n) is 3.50. The Balaban J connectivity index is 1.70. The van der Waals surface area contributed by atoms with Crippen LogP contribution in [-0.4, -0.2) is 37.5 Å². The topological polar surface area (TPSA) is 97.1 Å². The standard InChI is InChI=1S/C18H21FN4O3/c1-18(8-3-2-7-14(18)17(25)26)20-16(24)15-11-23(22-21-15)10-12-5-4-6-13(19)9-12/h4-6,9,11,14H,2-3,7-8,10H2,1H3,(H,20,24)(H,25,26). The van der Waals surface area contributed by atoms with Gasteiger partial charge in [-0.3, -0.25) is 9.59 Å². The van der Waals surface area contributed by atoms with Crippen LogP contribution in [0.5, 0.6) is 0 Å². The van der Waals surface area contributed by atoms with Gasteiger partial charge in [-0.2, -0.15) is 0 Å².